The van der Waals surface area contributed by atoms with Crippen LogP contribution in [-0.4, -0.2) is 42.1 Å². The van der Waals surface area contributed by atoms with Gasteiger partial charge in [-0.3, -0.25) is 4.79 Å². The van der Waals surface area contributed by atoms with Crippen LogP contribution >= 0.6 is 11.6 Å². The number of carbonyl (C=O) groups is 1. The van der Waals surface area contributed by atoms with Crippen LogP contribution in [0, 0.1) is 0 Å². The number of rotatable bonds is 4. The molecule has 0 bridgehead atoms. The van der Waals surface area contributed by atoms with E-state index in [9.17, 15) is 9.90 Å². The average Bonchev–Trinajstić information content (AvgIpc) is 2.61. The minimum absolute atomic E-state index is 0.159. The van der Waals surface area contributed by atoms with Crippen LogP contribution in [0.1, 0.15) is 12.0 Å². The lowest BCUT2D eigenvalue weighted by Crippen LogP contribution is -2.48. The number of nitrogens with zero attached hydrogens (tertiary/aromatic N) is 2. The molecule has 0 unspecified atom stereocenters. The van der Waals surface area contributed by atoms with Gasteiger partial charge in [-0.2, -0.15) is 0 Å². The molecule has 1 heterocycles. The van der Waals surface area contributed by atoms with Crippen molar-refractivity contribution < 1.29 is 9.90 Å². The molecule has 0 spiro atoms. The van der Waals surface area contributed by atoms with Crippen molar-refractivity contribution >= 4 is 23.2 Å². The molecule has 0 aliphatic carbocycles. The number of anilines is 1. The number of piperazine rings is 1. The molecule has 1 fully saturated rings. The maximum absolute atomic E-state index is 12.4. The van der Waals surface area contributed by atoms with E-state index in [1.165, 1.54) is 0 Å². The van der Waals surface area contributed by atoms with Crippen LogP contribution in [-0.2, 0) is 11.2 Å². The third-order valence-electron chi connectivity index (χ3n) is 4.42. The van der Waals surface area contributed by atoms with Gasteiger partial charge in [0.25, 0.3) is 0 Å². The van der Waals surface area contributed by atoms with Gasteiger partial charge in [-0.25, -0.2) is 0 Å². The van der Waals surface area contributed by atoms with Crippen molar-refractivity contribution in [2.45, 2.75) is 12.8 Å². The van der Waals surface area contributed by atoms with E-state index in [1.807, 2.05) is 47.4 Å². The van der Waals surface area contributed by atoms with Gasteiger partial charge >= 0.3 is 0 Å². The topological polar surface area (TPSA) is 43.8 Å². The zero-order chi connectivity index (χ0) is 16.9. The van der Waals surface area contributed by atoms with E-state index in [2.05, 4.69) is 4.90 Å². The lowest BCUT2D eigenvalue weighted by atomic mass is 10.1. The molecule has 1 N–H and O–H groups in total. The van der Waals surface area contributed by atoms with Crippen LogP contribution in [0.25, 0.3) is 0 Å². The molecule has 126 valence electrons. The number of phenolic OH excluding ortho intramolecular Hbond substituents is 1. The minimum atomic E-state index is 0.159. The number of carbonyl (C=O) groups excluding carboxylic acids is 1. The Morgan fingerprint density at radius 3 is 2.38 bits per heavy atom. The van der Waals surface area contributed by atoms with Crippen LogP contribution in [0.3, 0.4) is 0 Å². The predicted molar refractivity (Wildman–Crippen MR) is 96.7 cm³/mol. The largest absolute Gasteiger partial charge is 0.506 e. The van der Waals surface area contributed by atoms with Crippen LogP contribution in [0.4, 0.5) is 5.69 Å². The third-order valence-corrected chi connectivity index (χ3v) is 4.79. The molecule has 0 aromatic heterocycles. The molecule has 2 aromatic carbocycles. The first-order valence-corrected chi connectivity index (χ1v) is 8.57. The standard InChI is InChI=1S/C19H21ClN2O2/c20-16-6-2-1-5-15(16)9-10-19(24)22-13-11-21(12-14-22)17-7-3-4-8-18(17)23/h1-8,23H,9-14H2. The summed E-state index contributed by atoms with van der Waals surface area (Å²) in [7, 11) is 0. The second-order valence-electron chi connectivity index (χ2n) is 5.95. The van der Waals surface area contributed by atoms with E-state index in [0.717, 1.165) is 29.4 Å². The van der Waals surface area contributed by atoms with Crippen LogP contribution in [0.15, 0.2) is 48.5 Å². The third kappa shape index (κ3) is 3.82. The quantitative estimate of drug-likeness (QED) is 0.925. The summed E-state index contributed by atoms with van der Waals surface area (Å²) in [6.07, 6.45) is 1.14. The van der Waals surface area contributed by atoms with Crippen LogP contribution in [0.5, 0.6) is 5.75 Å². The highest BCUT2D eigenvalue weighted by Gasteiger charge is 2.22. The fourth-order valence-corrected chi connectivity index (χ4v) is 3.26. The van der Waals surface area contributed by atoms with Gasteiger partial charge in [0.05, 0.1) is 5.69 Å². The summed E-state index contributed by atoms with van der Waals surface area (Å²) in [4.78, 5) is 16.4. The summed E-state index contributed by atoms with van der Waals surface area (Å²) in [5, 5.41) is 10.7. The highest BCUT2D eigenvalue weighted by Crippen LogP contribution is 2.27. The second kappa shape index (κ2) is 7.58. The Morgan fingerprint density at radius 2 is 1.67 bits per heavy atom. The number of para-hydroxylation sites is 2. The number of hydrogen-bond donors (Lipinski definition) is 1. The summed E-state index contributed by atoms with van der Waals surface area (Å²) in [5.41, 5.74) is 1.85. The van der Waals surface area contributed by atoms with E-state index in [-0.39, 0.29) is 11.7 Å². The average molecular weight is 345 g/mol. The minimum Gasteiger partial charge on any atom is -0.506 e. The van der Waals surface area contributed by atoms with Gasteiger partial charge in [0, 0.05) is 37.6 Å². The number of benzene rings is 2. The molecular weight excluding hydrogens is 324 g/mol. The van der Waals surface area contributed by atoms with Crippen molar-refractivity contribution in [2.24, 2.45) is 0 Å². The van der Waals surface area contributed by atoms with E-state index in [1.54, 1.807) is 6.07 Å². The molecule has 1 amide bonds. The molecule has 0 radical (unpaired) electrons. The second-order valence-corrected chi connectivity index (χ2v) is 6.36. The Morgan fingerprint density at radius 1 is 1.00 bits per heavy atom. The molecule has 0 atom stereocenters. The Balaban J connectivity index is 1.52. The monoisotopic (exact) mass is 344 g/mol. The number of aromatic hydroxyl groups is 1. The number of aryl methyl sites for hydroxylation is 1. The normalized spacial score (nSPS) is 14.7. The van der Waals surface area contributed by atoms with Crippen molar-refractivity contribution in [3.63, 3.8) is 0 Å². The summed E-state index contributed by atoms with van der Waals surface area (Å²) in [6.45, 7) is 2.82. The van der Waals surface area contributed by atoms with Crippen molar-refractivity contribution in [3.05, 3.63) is 59.1 Å². The lowest BCUT2D eigenvalue weighted by Gasteiger charge is -2.36. The summed E-state index contributed by atoms with van der Waals surface area (Å²) in [5.74, 6) is 0.447. The van der Waals surface area contributed by atoms with E-state index >= 15 is 0 Å². The molecule has 1 saturated heterocycles. The maximum atomic E-state index is 12.4. The molecule has 1 aliphatic rings. The van der Waals surface area contributed by atoms with Gasteiger partial charge in [0.15, 0.2) is 0 Å². The molecule has 2 aromatic rings. The zero-order valence-electron chi connectivity index (χ0n) is 13.5. The van der Waals surface area contributed by atoms with Crippen molar-refractivity contribution in [1.29, 1.82) is 0 Å². The summed E-state index contributed by atoms with van der Waals surface area (Å²) < 4.78 is 0. The number of amides is 1. The van der Waals surface area contributed by atoms with Crippen molar-refractivity contribution in [2.75, 3.05) is 31.1 Å². The smallest absolute Gasteiger partial charge is 0.223 e. The Kier molecular flexibility index (Phi) is 5.26. The maximum Gasteiger partial charge on any atom is 0.223 e. The molecule has 4 nitrogen and oxygen atoms in total. The molecule has 5 heteroatoms. The van der Waals surface area contributed by atoms with Gasteiger partial charge in [-0.15, -0.1) is 0 Å². The SMILES string of the molecule is O=C(CCc1ccccc1Cl)N1CCN(c2ccccc2O)CC1. The number of halogens is 1. The molecule has 1 aliphatic heterocycles. The van der Waals surface area contributed by atoms with Crippen LogP contribution < -0.4 is 4.90 Å². The van der Waals surface area contributed by atoms with Crippen molar-refractivity contribution in [1.82, 2.24) is 4.90 Å². The van der Waals surface area contributed by atoms with E-state index < -0.39 is 0 Å². The summed E-state index contributed by atoms with van der Waals surface area (Å²) >= 11 is 6.14. The molecule has 0 saturated carbocycles. The predicted octanol–water partition coefficient (Wildman–Crippen LogP) is 3.33. The van der Waals surface area contributed by atoms with Crippen molar-refractivity contribution in [3.8, 4) is 5.75 Å². The van der Waals surface area contributed by atoms with Crippen LogP contribution in [0.2, 0.25) is 5.02 Å². The van der Waals surface area contributed by atoms with Gasteiger partial charge in [0.1, 0.15) is 5.75 Å². The number of phenols is 1. The van der Waals surface area contributed by atoms with Gasteiger partial charge in [-0.05, 0) is 30.2 Å². The number of hydrogen-bond acceptors (Lipinski definition) is 3. The molecule has 3 rings (SSSR count). The molecular formula is C19H21ClN2O2. The Hall–Kier alpha value is -2.20. The van der Waals surface area contributed by atoms with Gasteiger partial charge < -0.3 is 14.9 Å². The van der Waals surface area contributed by atoms with E-state index in [0.29, 0.717) is 25.9 Å². The first-order valence-electron chi connectivity index (χ1n) is 8.19. The molecule has 24 heavy (non-hydrogen) atoms. The summed E-state index contributed by atoms with van der Waals surface area (Å²) in [6, 6.07) is 15.0. The lowest BCUT2D eigenvalue weighted by molar-refractivity contribution is -0.131. The Bertz CT molecular complexity index is 712. The van der Waals surface area contributed by atoms with Gasteiger partial charge in [-0.1, -0.05) is 41.9 Å². The van der Waals surface area contributed by atoms with E-state index in [4.69, 9.17) is 11.6 Å². The fourth-order valence-electron chi connectivity index (χ4n) is 3.03. The first-order chi connectivity index (χ1) is 11.6. The van der Waals surface area contributed by atoms with Gasteiger partial charge in [0.2, 0.25) is 5.91 Å². The highest BCUT2D eigenvalue weighted by molar-refractivity contribution is 6.31. The highest BCUT2D eigenvalue weighted by atomic mass is 35.5. The first kappa shape index (κ1) is 16.7. The zero-order valence-corrected chi connectivity index (χ0v) is 14.2. The Labute approximate surface area is 147 Å². The fraction of sp³-hybridized carbons (Fsp3) is 0.316.